The molecule has 0 atom stereocenters. The normalized spacial score (nSPS) is 10.6. The van der Waals surface area contributed by atoms with E-state index in [1.807, 2.05) is 19.1 Å². The van der Waals surface area contributed by atoms with E-state index in [0.29, 0.717) is 10.7 Å². The molecule has 3 aromatic rings. The zero-order valence-electron chi connectivity index (χ0n) is 16.9. The molecule has 0 saturated carbocycles. The van der Waals surface area contributed by atoms with Gasteiger partial charge in [-0.3, -0.25) is 14.4 Å². The molecule has 9 heteroatoms. The highest BCUT2D eigenvalue weighted by atomic mass is 35.5. The number of aromatic hydroxyl groups is 1. The number of nitrogens with one attached hydrogen (secondary N) is 3. The lowest BCUT2D eigenvalue weighted by atomic mass is 10.1. The molecule has 0 aliphatic rings. The number of phenols is 1. The van der Waals surface area contributed by atoms with Crippen LogP contribution in [0.25, 0.3) is 0 Å². The van der Waals surface area contributed by atoms with Crippen LogP contribution in [0.1, 0.15) is 21.5 Å². The largest absolute Gasteiger partial charge is 0.507 e. The maximum absolute atomic E-state index is 12.6. The average Bonchev–Trinajstić information content (AvgIpc) is 2.78. The molecule has 0 aliphatic carbocycles. The molecule has 0 saturated heterocycles. The van der Waals surface area contributed by atoms with Crippen molar-refractivity contribution in [3.05, 3.63) is 88.4 Å². The van der Waals surface area contributed by atoms with Crippen LogP contribution in [0.2, 0.25) is 5.02 Å². The molecule has 0 fully saturated rings. The van der Waals surface area contributed by atoms with Crippen LogP contribution in [0.15, 0.2) is 71.8 Å². The van der Waals surface area contributed by atoms with Crippen molar-refractivity contribution < 1.29 is 19.5 Å². The van der Waals surface area contributed by atoms with Gasteiger partial charge in [0.15, 0.2) is 0 Å². The number of rotatable bonds is 5. The van der Waals surface area contributed by atoms with Crippen molar-refractivity contribution in [1.29, 1.82) is 0 Å². The van der Waals surface area contributed by atoms with Gasteiger partial charge in [-0.15, -0.1) is 0 Å². The van der Waals surface area contributed by atoms with Crippen LogP contribution in [-0.4, -0.2) is 29.0 Å². The quantitative estimate of drug-likeness (QED) is 0.269. The first-order chi connectivity index (χ1) is 15.3. The molecule has 0 aromatic heterocycles. The fraction of sp³-hybridized carbons (Fsp3) is 0.0435. The predicted molar refractivity (Wildman–Crippen MR) is 123 cm³/mol. The summed E-state index contributed by atoms with van der Waals surface area (Å²) in [6.07, 6.45) is 1.15. The molecule has 0 spiro atoms. The van der Waals surface area contributed by atoms with Crippen LogP contribution >= 0.6 is 11.6 Å². The van der Waals surface area contributed by atoms with Crippen molar-refractivity contribution in [2.75, 3.05) is 10.6 Å². The van der Waals surface area contributed by atoms with Gasteiger partial charge in [0, 0.05) is 16.3 Å². The lowest BCUT2D eigenvalue weighted by Crippen LogP contribution is -2.33. The van der Waals surface area contributed by atoms with Crippen LogP contribution in [0.5, 0.6) is 5.75 Å². The number of hydrogen-bond donors (Lipinski definition) is 4. The van der Waals surface area contributed by atoms with Crippen molar-refractivity contribution >= 4 is 46.9 Å². The smallest absolute Gasteiger partial charge is 0.329 e. The maximum Gasteiger partial charge on any atom is 0.329 e. The van der Waals surface area contributed by atoms with Crippen molar-refractivity contribution in [3.63, 3.8) is 0 Å². The van der Waals surface area contributed by atoms with Crippen molar-refractivity contribution in [3.8, 4) is 5.75 Å². The number of phenolic OH excluding ortho intramolecular Hbond substituents is 1. The van der Waals surface area contributed by atoms with Gasteiger partial charge in [-0.1, -0.05) is 41.4 Å². The Kier molecular flexibility index (Phi) is 7.20. The molecule has 0 aliphatic heterocycles. The number of benzene rings is 3. The number of hydrogen-bond acceptors (Lipinski definition) is 5. The molecule has 3 aromatic carbocycles. The topological polar surface area (TPSA) is 120 Å². The molecule has 3 amide bonds. The first-order valence-electron chi connectivity index (χ1n) is 9.43. The molecule has 32 heavy (non-hydrogen) atoms. The number of nitrogens with zero attached hydrogens (tertiary/aromatic N) is 1. The second kappa shape index (κ2) is 10.2. The first kappa shape index (κ1) is 22.5. The Hall–Kier alpha value is -4.17. The third kappa shape index (κ3) is 5.93. The summed E-state index contributed by atoms with van der Waals surface area (Å²) >= 11 is 5.84. The maximum atomic E-state index is 12.6. The number of carbonyl (C=O) groups excluding carboxylic acids is 3. The number of halogens is 1. The number of aryl methyl sites for hydroxylation is 1. The lowest BCUT2D eigenvalue weighted by molar-refractivity contribution is -0.136. The zero-order valence-corrected chi connectivity index (χ0v) is 17.7. The lowest BCUT2D eigenvalue weighted by Gasteiger charge is -2.11. The van der Waals surface area contributed by atoms with Crippen molar-refractivity contribution in [2.45, 2.75) is 6.92 Å². The van der Waals surface area contributed by atoms with Crippen molar-refractivity contribution in [2.24, 2.45) is 5.10 Å². The van der Waals surface area contributed by atoms with Gasteiger partial charge in [0.25, 0.3) is 5.91 Å². The standard InChI is InChI=1S/C23H19ClN4O4/c1-14-6-9-17(10-7-14)26-21(30)18-4-2-3-5-19(18)27-22(31)23(32)28-25-13-15-12-16(24)8-11-20(15)29/h2-13,29H,1H3,(H,26,30)(H,27,31)(H,28,32)/b25-13-. The van der Waals surface area contributed by atoms with Crippen LogP contribution in [0.3, 0.4) is 0 Å². The Morgan fingerprint density at radius 3 is 2.41 bits per heavy atom. The number of amides is 3. The van der Waals surface area contributed by atoms with E-state index in [1.165, 1.54) is 30.3 Å². The summed E-state index contributed by atoms with van der Waals surface area (Å²) in [5, 5.41) is 18.9. The Labute approximate surface area is 188 Å². The van der Waals surface area contributed by atoms with Gasteiger partial charge in [-0.05, 0) is 49.4 Å². The SMILES string of the molecule is Cc1ccc(NC(=O)c2ccccc2NC(=O)C(=O)N/N=C\c2cc(Cl)ccc2O)cc1. The predicted octanol–water partition coefficient (Wildman–Crippen LogP) is 3.70. The van der Waals surface area contributed by atoms with E-state index < -0.39 is 17.7 Å². The zero-order chi connectivity index (χ0) is 23.1. The fourth-order valence-corrected chi connectivity index (χ4v) is 2.83. The highest BCUT2D eigenvalue weighted by Gasteiger charge is 2.17. The third-order valence-corrected chi connectivity index (χ3v) is 4.53. The van der Waals surface area contributed by atoms with Crippen molar-refractivity contribution in [1.82, 2.24) is 5.43 Å². The average molecular weight is 451 g/mol. The van der Waals surface area contributed by atoms with Gasteiger partial charge in [-0.25, -0.2) is 5.43 Å². The molecule has 0 unspecified atom stereocenters. The summed E-state index contributed by atoms with van der Waals surface area (Å²) in [6, 6.07) is 17.8. The van der Waals surface area contributed by atoms with Crippen LogP contribution in [0, 0.1) is 6.92 Å². The third-order valence-electron chi connectivity index (χ3n) is 4.29. The molecule has 0 heterocycles. The second-order valence-electron chi connectivity index (χ2n) is 6.72. The number of carbonyl (C=O) groups is 3. The van der Waals surface area contributed by atoms with Gasteiger partial charge in [0.1, 0.15) is 5.75 Å². The molecule has 8 nitrogen and oxygen atoms in total. The fourth-order valence-electron chi connectivity index (χ4n) is 2.64. The van der Waals surface area contributed by atoms with E-state index in [2.05, 4.69) is 21.2 Å². The molecule has 0 radical (unpaired) electrons. The van der Waals surface area contributed by atoms with Gasteiger partial charge in [-0.2, -0.15) is 5.10 Å². The summed E-state index contributed by atoms with van der Waals surface area (Å²) in [6.45, 7) is 1.93. The summed E-state index contributed by atoms with van der Waals surface area (Å²) in [7, 11) is 0. The number of hydrazone groups is 1. The summed E-state index contributed by atoms with van der Waals surface area (Å²) in [4.78, 5) is 37.0. The van der Waals surface area contributed by atoms with E-state index in [1.54, 1.807) is 24.3 Å². The van der Waals surface area contributed by atoms with Gasteiger partial charge in [0.2, 0.25) is 0 Å². The molecular formula is C23H19ClN4O4. The van der Waals surface area contributed by atoms with E-state index >= 15 is 0 Å². The number of anilines is 2. The van der Waals surface area contributed by atoms with E-state index in [9.17, 15) is 19.5 Å². The molecule has 0 bridgehead atoms. The highest BCUT2D eigenvalue weighted by Crippen LogP contribution is 2.20. The minimum Gasteiger partial charge on any atom is -0.507 e. The van der Waals surface area contributed by atoms with Gasteiger partial charge in [0.05, 0.1) is 17.5 Å². The Morgan fingerprint density at radius 2 is 1.66 bits per heavy atom. The number of para-hydroxylation sites is 1. The summed E-state index contributed by atoms with van der Waals surface area (Å²) in [5.41, 5.74) is 4.31. The molecule has 4 N–H and O–H groups in total. The van der Waals surface area contributed by atoms with Crippen LogP contribution < -0.4 is 16.1 Å². The van der Waals surface area contributed by atoms with E-state index in [-0.39, 0.29) is 22.6 Å². The molecule has 3 rings (SSSR count). The minimum absolute atomic E-state index is 0.0923. The molecular weight excluding hydrogens is 432 g/mol. The van der Waals surface area contributed by atoms with E-state index in [4.69, 9.17) is 11.6 Å². The Morgan fingerprint density at radius 1 is 0.938 bits per heavy atom. The van der Waals surface area contributed by atoms with Gasteiger partial charge >= 0.3 is 11.8 Å². The van der Waals surface area contributed by atoms with Gasteiger partial charge < -0.3 is 15.7 Å². The summed E-state index contributed by atoms with van der Waals surface area (Å²) in [5.74, 6) is -2.62. The Balaban J connectivity index is 1.65. The van der Waals surface area contributed by atoms with E-state index in [0.717, 1.165) is 11.8 Å². The summed E-state index contributed by atoms with van der Waals surface area (Å²) < 4.78 is 0. The highest BCUT2D eigenvalue weighted by molar-refractivity contribution is 6.40. The Bertz CT molecular complexity index is 1190. The second-order valence-corrected chi connectivity index (χ2v) is 7.16. The monoisotopic (exact) mass is 450 g/mol. The van der Waals surface area contributed by atoms with Crippen LogP contribution in [0.4, 0.5) is 11.4 Å². The van der Waals surface area contributed by atoms with Crippen LogP contribution in [-0.2, 0) is 9.59 Å². The minimum atomic E-state index is -1.06. The molecule has 162 valence electrons. The first-order valence-corrected chi connectivity index (χ1v) is 9.81.